The molecule has 6 nitrogen and oxygen atoms in total. The third kappa shape index (κ3) is 7.00. The van der Waals surface area contributed by atoms with Gasteiger partial charge in [0.1, 0.15) is 0 Å². The van der Waals surface area contributed by atoms with Gasteiger partial charge in [-0.3, -0.25) is 14.8 Å². The highest BCUT2D eigenvalue weighted by atomic mass is 32.2. The maximum Gasteiger partial charge on any atom is 0.261 e. The van der Waals surface area contributed by atoms with E-state index >= 15 is 0 Å². The van der Waals surface area contributed by atoms with E-state index in [0.717, 1.165) is 36.0 Å². The summed E-state index contributed by atoms with van der Waals surface area (Å²) in [5.41, 5.74) is 5.99. The Morgan fingerprint density at radius 2 is 1.49 bits per heavy atom. The lowest BCUT2D eigenvalue weighted by atomic mass is 9.72. The maximum absolute atomic E-state index is 13.5. The average molecular weight is 596 g/mol. The molecule has 4 aromatic rings. The normalized spacial score (nSPS) is 15.6. The number of piperidine rings is 1. The Morgan fingerprint density at radius 1 is 0.860 bits per heavy atom. The Hall–Kier alpha value is -3.94. The first-order valence-electron chi connectivity index (χ1n) is 15.0. The molecule has 224 valence electrons. The Balaban J connectivity index is 1.33. The smallest absolute Gasteiger partial charge is 0.261 e. The second kappa shape index (κ2) is 13.1. The summed E-state index contributed by atoms with van der Waals surface area (Å²) in [6.07, 6.45) is 2.84. The van der Waals surface area contributed by atoms with Gasteiger partial charge < -0.3 is 4.90 Å². The van der Waals surface area contributed by atoms with Crippen molar-refractivity contribution in [1.82, 2.24) is 10.2 Å². The van der Waals surface area contributed by atoms with Crippen molar-refractivity contribution in [3.8, 4) is 0 Å². The zero-order chi connectivity index (χ0) is 30.5. The van der Waals surface area contributed by atoms with Crippen LogP contribution < -0.4 is 10.0 Å². The zero-order valence-electron chi connectivity index (χ0n) is 25.2. The number of benzene rings is 4. The molecule has 0 radical (unpaired) electrons. The summed E-state index contributed by atoms with van der Waals surface area (Å²) in [7, 11) is -3.81. The van der Waals surface area contributed by atoms with Crippen LogP contribution in [0.3, 0.4) is 0 Å². The van der Waals surface area contributed by atoms with Crippen LogP contribution >= 0.6 is 0 Å². The van der Waals surface area contributed by atoms with E-state index in [2.05, 4.69) is 48.2 Å². The third-order valence-corrected chi connectivity index (χ3v) is 10.1. The first kappa shape index (κ1) is 30.5. The number of amides is 1. The number of hydrogen-bond acceptors (Lipinski definition) is 4. The molecule has 1 unspecified atom stereocenters. The summed E-state index contributed by atoms with van der Waals surface area (Å²) in [5, 5.41) is 3.47. The summed E-state index contributed by atoms with van der Waals surface area (Å²) in [6.45, 7) is 7.99. The lowest BCUT2D eigenvalue weighted by Crippen LogP contribution is -2.47. The predicted octanol–water partition coefficient (Wildman–Crippen LogP) is 6.62. The van der Waals surface area contributed by atoms with Crippen LogP contribution in [0.2, 0.25) is 0 Å². The van der Waals surface area contributed by atoms with Crippen molar-refractivity contribution in [1.29, 1.82) is 0 Å². The molecule has 43 heavy (non-hydrogen) atoms. The average Bonchev–Trinajstić information content (AvgIpc) is 3.02. The number of hydrogen-bond donors (Lipinski definition) is 2. The van der Waals surface area contributed by atoms with Crippen molar-refractivity contribution in [2.24, 2.45) is 0 Å². The molecule has 4 aromatic carbocycles. The van der Waals surface area contributed by atoms with Crippen LogP contribution in [0.4, 0.5) is 5.69 Å². The molecular formula is C36H41N3O3S. The van der Waals surface area contributed by atoms with Gasteiger partial charge in [-0.25, -0.2) is 8.42 Å². The minimum Gasteiger partial charge on any atom is -0.342 e. The van der Waals surface area contributed by atoms with E-state index in [1.165, 1.54) is 11.1 Å². The molecule has 5 rings (SSSR count). The highest BCUT2D eigenvalue weighted by Crippen LogP contribution is 2.37. The van der Waals surface area contributed by atoms with Gasteiger partial charge in [0, 0.05) is 13.1 Å². The van der Waals surface area contributed by atoms with Gasteiger partial charge in [0.2, 0.25) is 5.91 Å². The number of carbonyl (C=O) groups excluding carboxylic acids is 1. The highest BCUT2D eigenvalue weighted by molar-refractivity contribution is 7.92. The van der Waals surface area contributed by atoms with E-state index in [9.17, 15) is 13.2 Å². The second-order valence-corrected chi connectivity index (χ2v) is 13.4. The fraction of sp³-hybridized carbons (Fsp3) is 0.306. The number of nitrogens with zero attached hydrogens (tertiary/aromatic N) is 1. The van der Waals surface area contributed by atoms with Crippen molar-refractivity contribution in [2.45, 2.75) is 56.4 Å². The first-order valence-corrected chi connectivity index (χ1v) is 16.5. The number of aryl methyl sites for hydroxylation is 2. The molecule has 1 atom stereocenters. The van der Waals surface area contributed by atoms with Gasteiger partial charge in [-0.1, -0.05) is 104 Å². The third-order valence-electron chi connectivity index (χ3n) is 8.71. The SMILES string of the molecule is CCc1ccccc1C1(C)CCN(C(=O)CNC(c2ccccc2)c2ccccc2NS(=O)(=O)c2ccc(C)cc2)CC1. The quantitative estimate of drug-likeness (QED) is 0.216. The lowest BCUT2D eigenvalue weighted by Gasteiger charge is -2.41. The number of nitrogens with one attached hydrogen (secondary N) is 2. The van der Waals surface area contributed by atoms with Crippen molar-refractivity contribution in [3.63, 3.8) is 0 Å². The molecule has 7 heteroatoms. The molecule has 1 aliphatic rings. The molecular weight excluding hydrogens is 554 g/mol. The molecule has 1 aliphatic heterocycles. The van der Waals surface area contributed by atoms with Crippen molar-refractivity contribution >= 4 is 21.6 Å². The van der Waals surface area contributed by atoms with E-state index in [-0.39, 0.29) is 22.8 Å². The first-order chi connectivity index (χ1) is 20.7. The topological polar surface area (TPSA) is 78.5 Å². The van der Waals surface area contributed by atoms with Gasteiger partial charge in [0.15, 0.2) is 0 Å². The van der Waals surface area contributed by atoms with E-state index in [0.29, 0.717) is 18.8 Å². The number of likely N-dealkylation sites (tertiary alicyclic amines) is 1. The van der Waals surface area contributed by atoms with Crippen LogP contribution in [0, 0.1) is 6.92 Å². The summed E-state index contributed by atoms with van der Waals surface area (Å²) >= 11 is 0. The van der Waals surface area contributed by atoms with Crippen molar-refractivity contribution in [2.75, 3.05) is 24.4 Å². The number of para-hydroxylation sites is 1. The van der Waals surface area contributed by atoms with Crippen LogP contribution in [-0.2, 0) is 26.7 Å². The van der Waals surface area contributed by atoms with Gasteiger partial charge in [-0.15, -0.1) is 0 Å². The van der Waals surface area contributed by atoms with E-state index in [4.69, 9.17) is 0 Å². The Morgan fingerprint density at radius 3 is 2.19 bits per heavy atom. The molecule has 2 N–H and O–H groups in total. The number of sulfonamides is 1. The number of anilines is 1. The molecule has 0 bridgehead atoms. The monoisotopic (exact) mass is 595 g/mol. The van der Waals surface area contributed by atoms with Gasteiger partial charge >= 0.3 is 0 Å². The van der Waals surface area contributed by atoms with E-state index in [1.807, 2.05) is 60.4 Å². The Labute approximate surface area is 256 Å². The lowest BCUT2D eigenvalue weighted by molar-refractivity contribution is -0.131. The largest absolute Gasteiger partial charge is 0.342 e. The van der Waals surface area contributed by atoms with Gasteiger partial charge in [-0.05, 0) is 72.1 Å². The van der Waals surface area contributed by atoms with Gasteiger partial charge in [0.05, 0.1) is 23.2 Å². The van der Waals surface area contributed by atoms with Crippen molar-refractivity contribution < 1.29 is 13.2 Å². The molecule has 1 amide bonds. The molecule has 1 saturated heterocycles. The predicted molar refractivity (Wildman–Crippen MR) is 174 cm³/mol. The second-order valence-electron chi connectivity index (χ2n) is 11.7. The summed E-state index contributed by atoms with van der Waals surface area (Å²) in [5.74, 6) is 0.0458. The van der Waals surface area contributed by atoms with Crippen LogP contribution in [0.15, 0.2) is 108 Å². The number of rotatable bonds is 10. The number of carbonyl (C=O) groups is 1. The van der Waals surface area contributed by atoms with Crippen LogP contribution in [0.5, 0.6) is 0 Å². The minimum absolute atomic E-state index is 0.0458. The van der Waals surface area contributed by atoms with Crippen LogP contribution in [0.1, 0.15) is 60.5 Å². The van der Waals surface area contributed by atoms with Crippen LogP contribution in [-0.4, -0.2) is 38.9 Å². The standard InChI is InChI=1S/C36H41N3O3S/c1-4-28-12-8-10-16-32(28)36(3)22-24-39(25-23-36)34(40)26-37-35(29-13-6-5-7-14-29)31-15-9-11-17-33(31)38-43(41,42)30-20-18-27(2)19-21-30/h5-21,35,37-38H,4,22-26H2,1-3H3. The Bertz CT molecular complexity index is 1640. The fourth-order valence-corrected chi connectivity index (χ4v) is 7.14. The van der Waals surface area contributed by atoms with Crippen molar-refractivity contribution in [3.05, 3.63) is 131 Å². The highest BCUT2D eigenvalue weighted by Gasteiger charge is 2.34. The molecule has 1 heterocycles. The van der Waals surface area contributed by atoms with Crippen LogP contribution in [0.25, 0.3) is 0 Å². The van der Waals surface area contributed by atoms with Gasteiger partial charge in [-0.2, -0.15) is 0 Å². The zero-order valence-corrected chi connectivity index (χ0v) is 26.0. The molecule has 0 aliphatic carbocycles. The molecule has 0 saturated carbocycles. The molecule has 1 fully saturated rings. The summed E-state index contributed by atoms with van der Waals surface area (Å²) < 4.78 is 29.4. The van der Waals surface area contributed by atoms with Gasteiger partial charge in [0.25, 0.3) is 10.0 Å². The molecule has 0 spiro atoms. The van der Waals surface area contributed by atoms with E-state index in [1.54, 1.807) is 30.3 Å². The molecule has 0 aromatic heterocycles. The summed E-state index contributed by atoms with van der Waals surface area (Å²) in [6, 6.07) is 32.2. The maximum atomic E-state index is 13.5. The Kier molecular flexibility index (Phi) is 9.33. The van der Waals surface area contributed by atoms with E-state index < -0.39 is 16.1 Å². The minimum atomic E-state index is -3.81. The fourth-order valence-electron chi connectivity index (χ4n) is 6.05. The summed E-state index contributed by atoms with van der Waals surface area (Å²) in [4.78, 5) is 15.7.